The fourth-order valence-corrected chi connectivity index (χ4v) is 5.84. The van der Waals surface area contributed by atoms with E-state index in [2.05, 4.69) is 108 Å². The Kier molecular flexibility index (Phi) is 5.86. The van der Waals surface area contributed by atoms with Gasteiger partial charge in [0.2, 0.25) is 0 Å². The fraction of sp³-hybridized carbons (Fsp3) is 0.176. The van der Waals surface area contributed by atoms with E-state index in [0.29, 0.717) is 12.1 Å². The van der Waals surface area contributed by atoms with Gasteiger partial charge in [0.15, 0.2) is 0 Å². The summed E-state index contributed by atoms with van der Waals surface area (Å²) >= 11 is 0. The van der Waals surface area contributed by atoms with Crippen molar-refractivity contribution in [1.29, 1.82) is 0 Å². The molecule has 1 amide bonds. The summed E-state index contributed by atoms with van der Waals surface area (Å²) in [5.41, 5.74) is 4.91. The Labute approximate surface area is 227 Å². The summed E-state index contributed by atoms with van der Waals surface area (Å²) in [6, 6.07) is 35.9. The number of hydrogen-bond donors (Lipinski definition) is 0. The molecule has 5 aromatic carbocycles. The van der Waals surface area contributed by atoms with Crippen LogP contribution in [0.15, 0.2) is 103 Å². The molecule has 1 saturated heterocycles. The fourth-order valence-electron chi connectivity index (χ4n) is 5.84. The maximum Gasteiger partial charge on any atom is 0.254 e. The highest BCUT2D eigenvalue weighted by Gasteiger charge is 2.22. The Hall–Kier alpha value is -4.48. The van der Waals surface area contributed by atoms with Gasteiger partial charge in [-0.15, -0.1) is 0 Å². The summed E-state index contributed by atoms with van der Waals surface area (Å²) in [7, 11) is 2.10. The molecule has 0 aliphatic carbocycles. The van der Waals surface area contributed by atoms with Crippen molar-refractivity contribution in [3.05, 3.63) is 114 Å². The predicted molar refractivity (Wildman–Crippen MR) is 159 cm³/mol. The van der Waals surface area contributed by atoms with Crippen LogP contribution < -0.4 is 0 Å². The van der Waals surface area contributed by atoms with E-state index in [9.17, 15) is 4.79 Å². The lowest BCUT2D eigenvalue weighted by molar-refractivity contribution is 0.0664. The summed E-state index contributed by atoms with van der Waals surface area (Å²) in [6.45, 7) is 3.99. The molecule has 5 heteroatoms. The number of likely N-dealkylation sites (N-methyl/N-ethyl adjacent to an activating group) is 1. The van der Waals surface area contributed by atoms with Crippen LogP contribution in [0.4, 0.5) is 0 Å². The maximum absolute atomic E-state index is 13.4. The third kappa shape index (κ3) is 4.25. The van der Waals surface area contributed by atoms with E-state index in [4.69, 9.17) is 4.98 Å². The average Bonchev–Trinajstić information content (AvgIpc) is 3.34. The number of hydrogen-bond acceptors (Lipinski definition) is 3. The predicted octanol–water partition coefficient (Wildman–Crippen LogP) is 6.45. The Morgan fingerprint density at radius 1 is 0.744 bits per heavy atom. The first-order valence-electron chi connectivity index (χ1n) is 13.6. The van der Waals surface area contributed by atoms with Crippen LogP contribution in [0.3, 0.4) is 0 Å². The number of rotatable bonds is 4. The SMILES string of the molecule is CN1CCN(C(=O)c2ccc3c(c2)nc(-c2cccc4ccccc24)n3Cc2cccc3ccccc23)CC1. The molecule has 39 heavy (non-hydrogen) atoms. The molecular weight excluding hydrogens is 480 g/mol. The van der Waals surface area contributed by atoms with E-state index in [0.717, 1.165) is 48.6 Å². The second-order valence-corrected chi connectivity index (χ2v) is 10.5. The summed E-state index contributed by atoms with van der Waals surface area (Å²) < 4.78 is 2.31. The number of benzene rings is 5. The zero-order valence-corrected chi connectivity index (χ0v) is 22.0. The van der Waals surface area contributed by atoms with Gasteiger partial charge in [0, 0.05) is 37.3 Å². The van der Waals surface area contributed by atoms with Gasteiger partial charge < -0.3 is 14.4 Å². The number of nitrogens with zero attached hydrogens (tertiary/aromatic N) is 4. The minimum Gasteiger partial charge on any atom is -0.336 e. The van der Waals surface area contributed by atoms with Gasteiger partial charge in [0.25, 0.3) is 5.91 Å². The normalized spacial score (nSPS) is 14.4. The smallest absolute Gasteiger partial charge is 0.254 e. The molecule has 0 saturated carbocycles. The average molecular weight is 511 g/mol. The van der Waals surface area contributed by atoms with E-state index in [1.807, 2.05) is 17.0 Å². The van der Waals surface area contributed by atoms with Gasteiger partial charge in [0.05, 0.1) is 17.6 Å². The molecule has 1 aromatic heterocycles. The van der Waals surface area contributed by atoms with E-state index >= 15 is 0 Å². The molecule has 0 spiro atoms. The first-order chi connectivity index (χ1) is 19.2. The maximum atomic E-state index is 13.4. The van der Waals surface area contributed by atoms with E-state index in [1.54, 1.807) is 0 Å². The van der Waals surface area contributed by atoms with Gasteiger partial charge in [0.1, 0.15) is 5.82 Å². The lowest BCUT2D eigenvalue weighted by Gasteiger charge is -2.32. The van der Waals surface area contributed by atoms with Crippen molar-refractivity contribution in [1.82, 2.24) is 19.4 Å². The minimum atomic E-state index is 0.0836. The third-order valence-corrected chi connectivity index (χ3v) is 8.02. The molecule has 0 N–H and O–H groups in total. The first kappa shape index (κ1) is 23.6. The highest BCUT2D eigenvalue weighted by molar-refractivity contribution is 6.00. The Morgan fingerprint density at radius 3 is 2.21 bits per heavy atom. The van der Waals surface area contributed by atoms with Crippen molar-refractivity contribution >= 4 is 38.5 Å². The van der Waals surface area contributed by atoms with Crippen LogP contribution in [0, 0.1) is 0 Å². The van der Waals surface area contributed by atoms with Gasteiger partial charge >= 0.3 is 0 Å². The molecule has 5 nitrogen and oxygen atoms in total. The van der Waals surface area contributed by atoms with Gasteiger partial charge in [-0.2, -0.15) is 0 Å². The van der Waals surface area contributed by atoms with Crippen LogP contribution in [-0.4, -0.2) is 58.5 Å². The lowest BCUT2D eigenvalue weighted by Crippen LogP contribution is -2.47. The quantitative estimate of drug-likeness (QED) is 0.274. The highest BCUT2D eigenvalue weighted by Crippen LogP contribution is 2.33. The zero-order chi connectivity index (χ0) is 26.3. The van der Waals surface area contributed by atoms with Crippen LogP contribution >= 0.6 is 0 Å². The molecule has 192 valence electrons. The van der Waals surface area contributed by atoms with Crippen LogP contribution in [0.1, 0.15) is 15.9 Å². The van der Waals surface area contributed by atoms with Crippen molar-refractivity contribution in [2.24, 2.45) is 0 Å². The molecule has 7 rings (SSSR count). The van der Waals surface area contributed by atoms with Crippen molar-refractivity contribution in [2.75, 3.05) is 33.2 Å². The highest BCUT2D eigenvalue weighted by atomic mass is 16.2. The Balaban J connectivity index is 1.39. The number of piperazine rings is 1. The van der Waals surface area contributed by atoms with Crippen molar-refractivity contribution in [3.8, 4) is 11.4 Å². The van der Waals surface area contributed by atoms with Crippen LogP contribution in [-0.2, 0) is 6.54 Å². The lowest BCUT2D eigenvalue weighted by atomic mass is 10.0. The van der Waals surface area contributed by atoms with E-state index in [-0.39, 0.29) is 5.91 Å². The van der Waals surface area contributed by atoms with Gasteiger partial charge in [-0.1, -0.05) is 84.9 Å². The number of fused-ring (bicyclic) bond motifs is 3. The second kappa shape index (κ2) is 9.68. The molecule has 0 radical (unpaired) electrons. The molecule has 1 fully saturated rings. The summed E-state index contributed by atoms with van der Waals surface area (Å²) in [4.78, 5) is 22.8. The molecular formula is C34H30N4O. The summed E-state index contributed by atoms with van der Waals surface area (Å²) in [5, 5.41) is 4.83. The van der Waals surface area contributed by atoms with E-state index in [1.165, 1.54) is 27.1 Å². The molecule has 0 atom stereocenters. The summed E-state index contributed by atoms with van der Waals surface area (Å²) in [5.74, 6) is 0.999. The standard InChI is InChI=1S/C34H30N4O/c1-36-18-20-37(21-19-36)34(39)26-16-17-32-31(22-26)35-33(30-15-7-11-25-9-3-5-14-29(25)30)38(32)23-27-12-6-10-24-8-2-4-13-28(24)27/h2-17,22H,18-21,23H2,1H3. The van der Waals surface area contributed by atoms with Crippen molar-refractivity contribution < 1.29 is 4.79 Å². The van der Waals surface area contributed by atoms with Crippen LogP contribution in [0.25, 0.3) is 44.0 Å². The van der Waals surface area contributed by atoms with Crippen LogP contribution in [0.5, 0.6) is 0 Å². The number of aromatic nitrogens is 2. The topological polar surface area (TPSA) is 41.4 Å². The van der Waals surface area contributed by atoms with Gasteiger partial charge in [-0.05, 0) is 52.4 Å². The zero-order valence-electron chi connectivity index (χ0n) is 22.0. The van der Waals surface area contributed by atoms with Gasteiger partial charge in [-0.25, -0.2) is 4.98 Å². The number of amides is 1. The second-order valence-electron chi connectivity index (χ2n) is 10.5. The third-order valence-electron chi connectivity index (χ3n) is 8.02. The van der Waals surface area contributed by atoms with E-state index < -0.39 is 0 Å². The largest absolute Gasteiger partial charge is 0.336 e. The van der Waals surface area contributed by atoms with Gasteiger partial charge in [-0.3, -0.25) is 4.79 Å². The number of carbonyl (C=O) groups is 1. The number of carbonyl (C=O) groups excluding carboxylic acids is 1. The first-order valence-corrected chi connectivity index (χ1v) is 13.6. The van der Waals surface area contributed by atoms with Crippen molar-refractivity contribution in [3.63, 3.8) is 0 Å². The number of imidazole rings is 1. The Morgan fingerprint density at radius 2 is 1.41 bits per heavy atom. The molecule has 6 aromatic rings. The van der Waals surface area contributed by atoms with Crippen LogP contribution in [0.2, 0.25) is 0 Å². The molecule has 1 aliphatic rings. The molecule has 0 unspecified atom stereocenters. The molecule has 2 heterocycles. The van der Waals surface area contributed by atoms with Crippen molar-refractivity contribution in [2.45, 2.75) is 6.54 Å². The monoisotopic (exact) mass is 510 g/mol. The molecule has 1 aliphatic heterocycles. The summed E-state index contributed by atoms with van der Waals surface area (Å²) in [6.07, 6.45) is 0. The molecule has 0 bridgehead atoms. The Bertz CT molecular complexity index is 1830. The minimum absolute atomic E-state index is 0.0836.